The van der Waals surface area contributed by atoms with Gasteiger partial charge in [-0.15, -0.1) is 0 Å². The average Bonchev–Trinajstić information content (AvgIpc) is 2.34. The van der Waals surface area contributed by atoms with Crippen molar-refractivity contribution in [2.24, 2.45) is 0 Å². The van der Waals surface area contributed by atoms with Crippen LogP contribution in [0.15, 0.2) is 22.7 Å². The van der Waals surface area contributed by atoms with Gasteiger partial charge < -0.3 is 5.32 Å². The van der Waals surface area contributed by atoms with E-state index in [0.29, 0.717) is 26.2 Å². The molecular weight excluding hydrogens is 328 g/mol. The Morgan fingerprint density at radius 2 is 1.84 bits per heavy atom. The molecule has 1 aromatic carbocycles. The highest BCUT2D eigenvalue weighted by molar-refractivity contribution is 9.10. The lowest BCUT2D eigenvalue weighted by molar-refractivity contribution is -0.187. The van der Waals surface area contributed by atoms with Crippen molar-refractivity contribution in [3.8, 4) is 0 Å². The first-order valence-corrected chi connectivity index (χ1v) is 6.65. The molecule has 0 aliphatic carbocycles. The molecule has 0 unspecified atom stereocenters. The standard InChI is InChI=1S/C12H13BrF4N2/c13-9-2-1-8(7-10(9)14)11(12(15,16)17)19-5-3-18-4-6-19/h1-2,7,11,18H,3-6H2/t11-/m0/s1. The highest BCUT2D eigenvalue weighted by Crippen LogP contribution is 2.38. The van der Waals surface area contributed by atoms with Crippen molar-refractivity contribution in [3.63, 3.8) is 0 Å². The van der Waals surface area contributed by atoms with Crippen LogP contribution in [0, 0.1) is 5.82 Å². The lowest BCUT2D eigenvalue weighted by atomic mass is 10.0. The molecule has 19 heavy (non-hydrogen) atoms. The molecule has 2 rings (SSSR count). The summed E-state index contributed by atoms with van der Waals surface area (Å²) in [5, 5.41) is 3.00. The smallest absolute Gasteiger partial charge is 0.314 e. The average molecular weight is 341 g/mol. The fraction of sp³-hybridized carbons (Fsp3) is 0.500. The zero-order valence-corrected chi connectivity index (χ0v) is 11.6. The van der Waals surface area contributed by atoms with Crippen molar-refractivity contribution in [1.29, 1.82) is 0 Å². The van der Waals surface area contributed by atoms with E-state index in [-0.39, 0.29) is 10.0 Å². The van der Waals surface area contributed by atoms with Crippen molar-refractivity contribution < 1.29 is 17.6 Å². The Kier molecular flexibility index (Phi) is 4.47. The van der Waals surface area contributed by atoms with Gasteiger partial charge in [-0.1, -0.05) is 6.07 Å². The highest BCUT2D eigenvalue weighted by Gasteiger charge is 2.45. The van der Waals surface area contributed by atoms with Crippen molar-refractivity contribution in [2.45, 2.75) is 12.2 Å². The van der Waals surface area contributed by atoms with Gasteiger partial charge in [0.05, 0.1) is 4.47 Å². The van der Waals surface area contributed by atoms with Gasteiger partial charge in [0.2, 0.25) is 0 Å². The molecule has 1 saturated heterocycles. The van der Waals surface area contributed by atoms with Crippen LogP contribution in [0.2, 0.25) is 0 Å². The number of piperazine rings is 1. The van der Waals surface area contributed by atoms with Gasteiger partial charge in [0.1, 0.15) is 11.9 Å². The number of rotatable bonds is 2. The van der Waals surface area contributed by atoms with Gasteiger partial charge in [0, 0.05) is 26.2 Å². The molecule has 1 aliphatic rings. The zero-order chi connectivity index (χ0) is 14.0. The zero-order valence-electron chi connectivity index (χ0n) is 9.97. The predicted octanol–water partition coefficient (Wildman–Crippen LogP) is 3.10. The van der Waals surface area contributed by atoms with Gasteiger partial charge in [0.25, 0.3) is 0 Å². The Balaban J connectivity index is 2.33. The Bertz CT molecular complexity index is 444. The van der Waals surface area contributed by atoms with Crippen LogP contribution in [-0.4, -0.2) is 37.3 Å². The van der Waals surface area contributed by atoms with Crippen LogP contribution in [0.1, 0.15) is 11.6 Å². The minimum absolute atomic E-state index is 0.0601. The van der Waals surface area contributed by atoms with Crippen LogP contribution in [0.5, 0.6) is 0 Å². The second kappa shape index (κ2) is 5.76. The molecule has 2 nitrogen and oxygen atoms in total. The van der Waals surface area contributed by atoms with Crippen LogP contribution in [0.25, 0.3) is 0 Å². The van der Waals surface area contributed by atoms with Gasteiger partial charge in [0.15, 0.2) is 0 Å². The summed E-state index contributed by atoms with van der Waals surface area (Å²) in [5.41, 5.74) is -0.0601. The molecule has 0 amide bonds. The summed E-state index contributed by atoms with van der Waals surface area (Å²) in [6, 6.07) is 1.82. The topological polar surface area (TPSA) is 15.3 Å². The number of halogens is 5. The first-order valence-electron chi connectivity index (χ1n) is 5.86. The van der Waals surface area contributed by atoms with E-state index in [1.54, 1.807) is 0 Å². The molecule has 0 saturated carbocycles. The lowest BCUT2D eigenvalue weighted by Crippen LogP contribution is -2.49. The SMILES string of the molecule is Fc1cc([C@H](N2CCNCC2)C(F)(F)F)ccc1Br. The molecule has 1 atom stereocenters. The number of benzene rings is 1. The third kappa shape index (κ3) is 3.46. The monoisotopic (exact) mass is 340 g/mol. The molecule has 1 N–H and O–H groups in total. The summed E-state index contributed by atoms with van der Waals surface area (Å²) in [4.78, 5) is 1.33. The van der Waals surface area contributed by atoms with E-state index in [1.807, 2.05) is 0 Å². The second-order valence-corrected chi connectivity index (χ2v) is 5.26. The minimum Gasteiger partial charge on any atom is -0.314 e. The Hall–Kier alpha value is -0.660. The van der Waals surface area contributed by atoms with Gasteiger partial charge >= 0.3 is 6.18 Å². The van der Waals surface area contributed by atoms with Crippen LogP contribution in [0.4, 0.5) is 17.6 Å². The maximum absolute atomic E-state index is 13.4. The van der Waals surface area contributed by atoms with Gasteiger partial charge in [-0.25, -0.2) is 4.39 Å². The predicted molar refractivity (Wildman–Crippen MR) is 67.3 cm³/mol. The third-order valence-corrected chi connectivity index (χ3v) is 3.73. The molecule has 1 aliphatic heterocycles. The molecular formula is C12H13BrF4N2. The fourth-order valence-corrected chi connectivity index (χ4v) is 2.48. The maximum Gasteiger partial charge on any atom is 0.408 e. The van der Waals surface area contributed by atoms with E-state index in [0.717, 1.165) is 6.07 Å². The summed E-state index contributed by atoms with van der Waals surface area (Å²) in [5.74, 6) is -0.679. The first-order chi connectivity index (χ1) is 8.89. The van der Waals surface area contributed by atoms with E-state index in [9.17, 15) is 17.6 Å². The largest absolute Gasteiger partial charge is 0.408 e. The quantitative estimate of drug-likeness (QED) is 0.832. The van der Waals surface area contributed by atoms with Gasteiger partial charge in [-0.05, 0) is 33.6 Å². The van der Waals surface area contributed by atoms with Crippen molar-refractivity contribution in [3.05, 3.63) is 34.1 Å². The molecule has 0 radical (unpaired) electrons. The molecule has 0 spiro atoms. The normalized spacial score (nSPS) is 19.4. The van der Waals surface area contributed by atoms with Gasteiger partial charge in [-0.2, -0.15) is 13.2 Å². The Labute approximate surface area is 116 Å². The van der Waals surface area contributed by atoms with Crippen LogP contribution >= 0.6 is 15.9 Å². The summed E-state index contributed by atoms with van der Waals surface area (Å²) in [6.45, 7) is 1.60. The van der Waals surface area contributed by atoms with E-state index >= 15 is 0 Å². The van der Waals surface area contributed by atoms with Crippen molar-refractivity contribution in [2.75, 3.05) is 26.2 Å². The number of nitrogens with one attached hydrogen (secondary N) is 1. The summed E-state index contributed by atoms with van der Waals surface area (Å²) in [7, 11) is 0. The van der Waals surface area contributed by atoms with Gasteiger partial charge in [-0.3, -0.25) is 4.90 Å². The third-order valence-electron chi connectivity index (χ3n) is 3.09. The first kappa shape index (κ1) is 14.7. The summed E-state index contributed by atoms with van der Waals surface area (Å²) in [6.07, 6.45) is -4.42. The number of alkyl halides is 3. The lowest BCUT2D eigenvalue weighted by Gasteiger charge is -2.36. The number of hydrogen-bond donors (Lipinski definition) is 1. The molecule has 7 heteroatoms. The van der Waals surface area contributed by atoms with E-state index in [2.05, 4.69) is 21.2 Å². The number of hydrogen-bond acceptors (Lipinski definition) is 2. The van der Waals surface area contributed by atoms with Crippen molar-refractivity contribution in [1.82, 2.24) is 10.2 Å². The Morgan fingerprint density at radius 3 is 2.37 bits per heavy atom. The number of nitrogens with zero attached hydrogens (tertiary/aromatic N) is 1. The summed E-state index contributed by atoms with van der Waals surface area (Å²) >= 11 is 2.95. The van der Waals surface area contributed by atoms with Crippen LogP contribution < -0.4 is 5.32 Å². The second-order valence-electron chi connectivity index (χ2n) is 4.40. The fourth-order valence-electron chi connectivity index (χ4n) is 2.23. The maximum atomic E-state index is 13.4. The molecule has 106 valence electrons. The molecule has 0 aromatic heterocycles. The van der Waals surface area contributed by atoms with Crippen molar-refractivity contribution >= 4 is 15.9 Å². The van der Waals surface area contributed by atoms with Crippen LogP contribution in [-0.2, 0) is 0 Å². The van der Waals surface area contributed by atoms with E-state index in [1.165, 1.54) is 17.0 Å². The summed E-state index contributed by atoms with van der Waals surface area (Å²) < 4.78 is 53.3. The minimum atomic E-state index is -4.42. The molecule has 1 fully saturated rings. The molecule has 1 heterocycles. The Morgan fingerprint density at radius 1 is 1.21 bits per heavy atom. The van der Waals surface area contributed by atoms with E-state index in [4.69, 9.17) is 0 Å². The molecule has 1 aromatic rings. The van der Waals surface area contributed by atoms with Crippen LogP contribution in [0.3, 0.4) is 0 Å². The van der Waals surface area contributed by atoms with E-state index < -0.39 is 18.0 Å². The highest BCUT2D eigenvalue weighted by atomic mass is 79.9. The molecule has 0 bridgehead atoms.